The molecule has 10 heteroatoms. The number of nitrogens with zero attached hydrogens (tertiary/aromatic N) is 4. The Morgan fingerprint density at radius 3 is 2.75 bits per heavy atom. The number of rotatable bonds is 8. The van der Waals surface area contributed by atoms with Crippen LogP contribution >= 0.6 is 12.4 Å². The average molecular weight is 458 g/mol. The highest BCUT2D eigenvalue weighted by Crippen LogP contribution is 2.29. The van der Waals surface area contributed by atoms with E-state index >= 15 is 0 Å². The van der Waals surface area contributed by atoms with Crippen LogP contribution in [-0.4, -0.2) is 53.6 Å². The minimum atomic E-state index is -0.149. The van der Waals surface area contributed by atoms with Crippen molar-refractivity contribution >= 4 is 24.6 Å². The van der Waals surface area contributed by atoms with Gasteiger partial charge in [-0.1, -0.05) is 6.08 Å². The molecule has 0 spiro atoms. The van der Waals surface area contributed by atoms with Crippen LogP contribution in [0, 0.1) is 13.8 Å². The van der Waals surface area contributed by atoms with Gasteiger partial charge in [0.05, 0.1) is 36.7 Å². The first-order valence-corrected chi connectivity index (χ1v) is 10.3. The average Bonchev–Trinajstić information content (AvgIpc) is 2.78. The molecule has 1 aliphatic heterocycles. The number of likely N-dealkylation sites (N-methyl/N-ethyl adjacent to an activating group) is 1. The Morgan fingerprint density at radius 1 is 1.12 bits per heavy atom. The van der Waals surface area contributed by atoms with Gasteiger partial charge in [0.2, 0.25) is 5.88 Å². The third-order valence-electron chi connectivity index (χ3n) is 4.97. The molecule has 2 aromatic heterocycles. The fourth-order valence-corrected chi connectivity index (χ4v) is 3.35. The molecule has 0 radical (unpaired) electrons. The molecule has 0 fully saturated rings. The fourth-order valence-electron chi connectivity index (χ4n) is 3.35. The lowest BCUT2D eigenvalue weighted by atomic mass is 9.93. The van der Waals surface area contributed by atoms with Gasteiger partial charge in [-0.25, -0.2) is 9.97 Å². The second kappa shape index (κ2) is 10.9. The summed E-state index contributed by atoms with van der Waals surface area (Å²) in [6.45, 7) is 5.25. The molecule has 0 amide bonds. The molecule has 0 bridgehead atoms. The van der Waals surface area contributed by atoms with Gasteiger partial charge in [-0.15, -0.1) is 12.4 Å². The first kappa shape index (κ1) is 23.5. The number of hydrogen-bond acceptors (Lipinski definition) is 9. The molecule has 1 aliphatic carbocycles. The van der Waals surface area contributed by atoms with Crippen LogP contribution in [0.5, 0.6) is 11.6 Å². The number of pyridine rings is 1. The Bertz CT molecular complexity index is 1010. The summed E-state index contributed by atoms with van der Waals surface area (Å²) in [5.41, 5.74) is 2.90. The summed E-state index contributed by atoms with van der Waals surface area (Å²) >= 11 is 0. The van der Waals surface area contributed by atoms with Gasteiger partial charge in [0.15, 0.2) is 0 Å². The summed E-state index contributed by atoms with van der Waals surface area (Å²) in [6, 6.07) is 1.92. The number of nitrogens with one attached hydrogen (secondary N) is 3. The van der Waals surface area contributed by atoms with Crippen LogP contribution in [0.25, 0.3) is 0 Å². The topological polar surface area (TPSA) is 106 Å². The van der Waals surface area contributed by atoms with Crippen LogP contribution in [0.3, 0.4) is 0 Å². The lowest BCUT2D eigenvalue weighted by molar-refractivity contribution is 0.230. The predicted octanol–water partition coefficient (Wildman–Crippen LogP) is 2.54. The molecule has 0 saturated carbocycles. The highest BCUT2D eigenvalue weighted by molar-refractivity contribution is 5.85. The van der Waals surface area contributed by atoms with Crippen molar-refractivity contribution in [2.24, 2.45) is 4.99 Å². The predicted molar refractivity (Wildman–Crippen MR) is 127 cm³/mol. The van der Waals surface area contributed by atoms with E-state index in [9.17, 15) is 0 Å². The summed E-state index contributed by atoms with van der Waals surface area (Å²) in [5.74, 6) is 2.86. The normalized spacial score (nSPS) is 19.0. The monoisotopic (exact) mass is 457 g/mol. The van der Waals surface area contributed by atoms with E-state index in [-0.39, 0.29) is 24.6 Å². The zero-order valence-electron chi connectivity index (χ0n) is 18.3. The van der Waals surface area contributed by atoms with Crippen LogP contribution in [0.4, 0.5) is 5.82 Å². The molecule has 4 rings (SSSR count). The number of fused-ring (bicyclic) bond motifs is 1. The van der Waals surface area contributed by atoms with E-state index < -0.39 is 0 Å². The number of hydrogen-bond donors (Lipinski definition) is 3. The molecule has 2 unspecified atom stereocenters. The molecular formula is C22H28ClN7O2. The second-order valence-electron chi connectivity index (χ2n) is 7.43. The Kier molecular flexibility index (Phi) is 8.02. The van der Waals surface area contributed by atoms with Crippen molar-refractivity contribution in [3.63, 3.8) is 0 Å². The van der Waals surface area contributed by atoms with Gasteiger partial charge in [0.25, 0.3) is 0 Å². The smallest absolute Gasteiger partial charge is 0.217 e. The van der Waals surface area contributed by atoms with E-state index in [0.717, 1.165) is 34.9 Å². The number of aliphatic imine (C=N–C) groups is 1. The molecule has 3 heterocycles. The molecule has 2 atom stereocenters. The molecule has 32 heavy (non-hydrogen) atoms. The van der Waals surface area contributed by atoms with Gasteiger partial charge in [0, 0.05) is 24.1 Å². The summed E-state index contributed by atoms with van der Waals surface area (Å²) in [6.07, 6.45) is 11.5. The number of aromatic nitrogens is 3. The van der Waals surface area contributed by atoms with Crippen LogP contribution in [0.15, 0.2) is 53.2 Å². The van der Waals surface area contributed by atoms with E-state index in [1.165, 1.54) is 0 Å². The third kappa shape index (κ3) is 5.74. The van der Waals surface area contributed by atoms with Crippen molar-refractivity contribution in [1.82, 2.24) is 25.6 Å². The highest BCUT2D eigenvalue weighted by Gasteiger charge is 2.27. The lowest BCUT2D eigenvalue weighted by Gasteiger charge is -2.29. The molecule has 9 nitrogen and oxygen atoms in total. The highest BCUT2D eigenvalue weighted by atomic mass is 35.5. The van der Waals surface area contributed by atoms with Crippen molar-refractivity contribution in [3.05, 3.63) is 59.5 Å². The van der Waals surface area contributed by atoms with Crippen molar-refractivity contribution < 1.29 is 9.47 Å². The van der Waals surface area contributed by atoms with Gasteiger partial charge < -0.3 is 25.4 Å². The molecule has 170 valence electrons. The Hall–Kier alpha value is -3.17. The number of ether oxygens (including phenoxy) is 2. The van der Waals surface area contributed by atoms with Crippen LogP contribution in [-0.2, 0) is 0 Å². The van der Waals surface area contributed by atoms with Gasteiger partial charge in [0.1, 0.15) is 30.1 Å². The minimum Gasteiger partial charge on any atom is -0.491 e. The van der Waals surface area contributed by atoms with Gasteiger partial charge in [-0.05, 0) is 33.0 Å². The van der Waals surface area contributed by atoms with Crippen LogP contribution in [0.1, 0.15) is 17.7 Å². The van der Waals surface area contributed by atoms with Crippen LogP contribution in [0.2, 0.25) is 0 Å². The van der Waals surface area contributed by atoms with Crippen molar-refractivity contribution in [2.45, 2.75) is 32.4 Å². The minimum absolute atomic E-state index is 0. The van der Waals surface area contributed by atoms with Gasteiger partial charge in [-0.2, -0.15) is 0 Å². The van der Waals surface area contributed by atoms with Gasteiger partial charge in [-0.3, -0.25) is 9.98 Å². The van der Waals surface area contributed by atoms with E-state index in [4.69, 9.17) is 9.47 Å². The molecule has 2 aromatic rings. The first-order valence-electron chi connectivity index (χ1n) is 10.3. The Labute approximate surface area is 193 Å². The summed E-state index contributed by atoms with van der Waals surface area (Å²) in [5, 5.41) is 9.56. The molecule has 0 aromatic carbocycles. The Balaban J connectivity index is 0.00000289. The number of halogens is 1. The maximum Gasteiger partial charge on any atom is 0.217 e. The van der Waals surface area contributed by atoms with Crippen molar-refractivity contribution in [1.29, 1.82) is 0 Å². The quantitative estimate of drug-likeness (QED) is 0.410. The molecular weight excluding hydrogens is 430 g/mol. The number of aryl methyl sites for hydroxylation is 2. The maximum absolute atomic E-state index is 6.19. The second-order valence-corrected chi connectivity index (χ2v) is 7.43. The van der Waals surface area contributed by atoms with Gasteiger partial charge >= 0.3 is 0 Å². The largest absolute Gasteiger partial charge is 0.491 e. The molecule has 0 saturated heterocycles. The van der Waals surface area contributed by atoms with E-state index in [1.807, 2.05) is 39.1 Å². The lowest BCUT2D eigenvalue weighted by Crippen LogP contribution is -2.34. The third-order valence-corrected chi connectivity index (χ3v) is 4.97. The van der Waals surface area contributed by atoms with Crippen molar-refractivity contribution in [3.8, 4) is 11.6 Å². The van der Waals surface area contributed by atoms with Crippen LogP contribution < -0.4 is 25.4 Å². The summed E-state index contributed by atoms with van der Waals surface area (Å²) in [4.78, 5) is 17.6. The zero-order chi connectivity index (χ0) is 21.6. The SMILES string of the molecule is CNCCOc1cnc(OC2C=CC3N=CNC(Nc4cnc(C)cn4)=C3C2)c(C)c1.Cl. The zero-order valence-corrected chi connectivity index (χ0v) is 19.1. The standard InChI is InChI=1S/C22H27N7O2.ClH/c1-14-8-17(30-7-6-23-3)11-26-22(14)31-16-4-5-19-18(9-16)21(28-13-27-19)29-20-12-24-15(2)10-25-20;/h4-5,8,10-13,16,19,23H,6-7,9H2,1-3H3,(H,25,29)(H,27,28);1H. The summed E-state index contributed by atoms with van der Waals surface area (Å²) < 4.78 is 11.9. The first-order chi connectivity index (χ1) is 15.1. The Morgan fingerprint density at radius 2 is 2.00 bits per heavy atom. The van der Waals surface area contributed by atoms with E-state index in [0.29, 0.717) is 24.7 Å². The van der Waals surface area contributed by atoms with E-state index in [2.05, 4.69) is 35.9 Å². The fraction of sp³-hybridized carbons (Fsp3) is 0.364. The molecule has 3 N–H and O–H groups in total. The summed E-state index contributed by atoms with van der Waals surface area (Å²) in [7, 11) is 1.89. The number of anilines is 1. The van der Waals surface area contributed by atoms with Crippen molar-refractivity contribution in [2.75, 3.05) is 25.5 Å². The maximum atomic E-state index is 6.19. The molecule has 2 aliphatic rings. The van der Waals surface area contributed by atoms with E-state index in [1.54, 1.807) is 24.9 Å².